The molecule has 0 spiro atoms. The lowest BCUT2D eigenvalue weighted by Crippen LogP contribution is -2.77. The molecule has 2 nitrogen and oxygen atoms in total. The van der Waals surface area contributed by atoms with Crippen LogP contribution in [0.15, 0.2) is 72.4 Å². The molecular formula is C20H23BCl2N2. The largest absolute Gasteiger partial charge is 0.491 e. The first kappa shape index (κ1) is 18.1. The van der Waals surface area contributed by atoms with Gasteiger partial charge in [0, 0.05) is 18.7 Å². The van der Waals surface area contributed by atoms with Crippen LogP contribution >= 0.6 is 23.2 Å². The lowest BCUT2D eigenvalue weighted by atomic mass is 9.36. The maximum Gasteiger partial charge on any atom is 0.422 e. The van der Waals surface area contributed by atoms with Crippen molar-refractivity contribution in [3.8, 4) is 0 Å². The molecule has 1 heterocycles. The molecule has 2 aromatic carbocycles. The molecule has 0 amide bonds. The monoisotopic (exact) mass is 372 g/mol. The summed E-state index contributed by atoms with van der Waals surface area (Å²) < 4.78 is 2.46. The van der Waals surface area contributed by atoms with Crippen LogP contribution in [0.2, 0.25) is 0 Å². The molecule has 25 heavy (non-hydrogen) atoms. The van der Waals surface area contributed by atoms with Gasteiger partial charge in [-0.25, -0.2) is 0 Å². The van der Waals surface area contributed by atoms with E-state index in [0.717, 1.165) is 18.7 Å². The van der Waals surface area contributed by atoms with E-state index < -0.39 is 11.3 Å². The summed E-state index contributed by atoms with van der Waals surface area (Å²) in [5.74, 6) is 0. The van der Waals surface area contributed by atoms with Crippen molar-refractivity contribution in [3.63, 3.8) is 0 Å². The summed E-state index contributed by atoms with van der Waals surface area (Å²) in [6.07, 6.45) is 1.71. The molecule has 3 rings (SSSR count). The van der Waals surface area contributed by atoms with Gasteiger partial charge in [0.05, 0.1) is 6.54 Å². The van der Waals surface area contributed by atoms with E-state index in [0.29, 0.717) is 0 Å². The molecule has 0 saturated heterocycles. The number of allylic oxidation sites excluding steroid dienone is 2. The summed E-state index contributed by atoms with van der Waals surface area (Å²) in [5.41, 5.74) is 4.47. The molecule has 0 aliphatic carbocycles. The van der Waals surface area contributed by atoms with Crippen molar-refractivity contribution in [1.29, 1.82) is 0 Å². The summed E-state index contributed by atoms with van der Waals surface area (Å²) >= 11 is 12.5. The average molecular weight is 373 g/mol. The fourth-order valence-corrected chi connectivity index (χ4v) is 4.15. The SMILES string of the molecule is CCC[N+]1=C(C)C=C(C(Cl)Cl)N[B-]1(c1ccccc1)c1ccccc1. The molecule has 0 bridgehead atoms. The van der Waals surface area contributed by atoms with E-state index in [1.165, 1.54) is 16.6 Å². The van der Waals surface area contributed by atoms with Crippen LogP contribution in [0.25, 0.3) is 0 Å². The van der Waals surface area contributed by atoms with Crippen LogP contribution in [0, 0.1) is 0 Å². The lowest BCUT2D eigenvalue weighted by Gasteiger charge is -2.44. The van der Waals surface area contributed by atoms with Crippen molar-refractivity contribution >= 4 is 46.3 Å². The van der Waals surface area contributed by atoms with Gasteiger partial charge in [-0.2, -0.15) is 0 Å². The number of nitrogens with one attached hydrogen (secondary N) is 1. The quantitative estimate of drug-likeness (QED) is 0.627. The second-order valence-electron chi connectivity index (χ2n) is 6.52. The lowest BCUT2D eigenvalue weighted by molar-refractivity contribution is -0.398. The van der Waals surface area contributed by atoms with Crippen molar-refractivity contribution < 1.29 is 4.49 Å². The first-order chi connectivity index (χ1) is 12.1. The molecule has 0 aromatic heterocycles. The van der Waals surface area contributed by atoms with E-state index in [-0.39, 0.29) is 0 Å². The Kier molecular flexibility index (Phi) is 5.56. The Morgan fingerprint density at radius 2 is 1.48 bits per heavy atom. The fraction of sp³-hybridized carbons (Fsp3) is 0.250. The minimum absolute atomic E-state index is 0.590. The average Bonchev–Trinajstić information content (AvgIpc) is 2.64. The summed E-state index contributed by atoms with van der Waals surface area (Å²) in [6, 6.07) is 21.1. The van der Waals surface area contributed by atoms with Gasteiger partial charge in [-0.05, 0) is 6.42 Å². The number of halogens is 2. The first-order valence-electron chi connectivity index (χ1n) is 8.74. The minimum Gasteiger partial charge on any atom is -0.491 e. The summed E-state index contributed by atoms with van der Waals surface area (Å²) in [5, 5.41) is 3.73. The number of rotatable bonds is 5. The predicted molar refractivity (Wildman–Crippen MR) is 111 cm³/mol. The Morgan fingerprint density at radius 1 is 0.960 bits per heavy atom. The van der Waals surface area contributed by atoms with Crippen molar-refractivity contribution in [2.24, 2.45) is 0 Å². The van der Waals surface area contributed by atoms with E-state index in [9.17, 15) is 0 Å². The molecule has 0 saturated carbocycles. The molecule has 1 N–H and O–H groups in total. The zero-order valence-corrected chi connectivity index (χ0v) is 16.1. The van der Waals surface area contributed by atoms with Gasteiger partial charge in [0.15, 0.2) is 0 Å². The van der Waals surface area contributed by atoms with Gasteiger partial charge in [0.25, 0.3) is 0 Å². The molecule has 1 aliphatic rings. The smallest absolute Gasteiger partial charge is 0.422 e. The van der Waals surface area contributed by atoms with Gasteiger partial charge < -0.3 is 9.71 Å². The third kappa shape index (κ3) is 3.36. The van der Waals surface area contributed by atoms with Crippen molar-refractivity contribution in [3.05, 3.63) is 72.4 Å². The highest BCUT2D eigenvalue weighted by Gasteiger charge is 2.45. The van der Waals surface area contributed by atoms with Gasteiger partial charge in [-0.1, -0.05) is 90.8 Å². The number of alkyl halides is 2. The Hall–Kier alpha value is -1.71. The van der Waals surface area contributed by atoms with E-state index in [1.54, 1.807) is 0 Å². The van der Waals surface area contributed by atoms with E-state index in [4.69, 9.17) is 23.2 Å². The Balaban J connectivity index is 2.31. The fourth-order valence-electron chi connectivity index (χ4n) is 3.89. The van der Waals surface area contributed by atoms with Crippen LogP contribution < -0.4 is 16.2 Å². The van der Waals surface area contributed by atoms with E-state index in [1.807, 2.05) is 12.1 Å². The summed E-state index contributed by atoms with van der Waals surface area (Å²) in [7, 11) is 0. The molecule has 0 unspecified atom stereocenters. The predicted octanol–water partition coefficient (Wildman–Crippen LogP) is 3.42. The van der Waals surface area contributed by atoms with Gasteiger partial charge in [0.1, 0.15) is 10.5 Å². The third-order valence-corrected chi connectivity index (χ3v) is 5.39. The van der Waals surface area contributed by atoms with Crippen LogP contribution in [-0.2, 0) is 0 Å². The van der Waals surface area contributed by atoms with E-state index >= 15 is 0 Å². The minimum atomic E-state index is -1.40. The first-order valence-corrected chi connectivity index (χ1v) is 9.62. The zero-order valence-electron chi connectivity index (χ0n) is 14.6. The van der Waals surface area contributed by atoms with Crippen LogP contribution in [-0.4, -0.2) is 28.0 Å². The molecule has 130 valence electrons. The molecule has 1 aliphatic heterocycles. The van der Waals surface area contributed by atoms with Crippen LogP contribution in [0.4, 0.5) is 0 Å². The van der Waals surface area contributed by atoms with Gasteiger partial charge in [-0.15, -0.1) is 10.9 Å². The standard InChI is InChI=1S/C20H23BCl2N2/c1-3-14-25-16(2)15-19(20(22)23)24-21(25,17-10-6-4-7-11-17)18-12-8-5-9-13-18/h4-13,15,20,24H,3,14H2,1-2H3. The third-order valence-electron chi connectivity index (χ3n) is 4.92. The Bertz CT molecular complexity index is 746. The normalized spacial score (nSPS) is 16.6. The maximum atomic E-state index is 6.26. The highest BCUT2D eigenvalue weighted by atomic mass is 35.5. The molecule has 2 aromatic rings. The Labute approximate surface area is 160 Å². The second kappa shape index (κ2) is 7.67. The summed E-state index contributed by atoms with van der Waals surface area (Å²) in [6.45, 7) is 5.28. The number of hydrogen-bond acceptors (Lipinski definition) is 1. The number of hydrogen-bond donors (Lipinski definition) is 1. The van der Waals surface area contributed by atoms with Gasteiger partial charge in [-0.3, -0.25) is 0 Å². The topological polar surface area (TPSA) is 15.0 Å². The van der Waals surface area contributed by atoms with Crippen LogP contribution in [0.5, 0.6) is 0 Å². The number of benzene rings is 2. The molecule has 0 radical (unpaired) electrons. The van der Waals surface area contributed by atoms with Gasteiger partial charge in [0.2, 0.25) is 0 Å². The molecule has 5 heteroatoms. The molecular weight excluding hydrogens is 350 g/mol. The summed E-state index contributed by atoms with van der Waals surface area (Å²) in [4.78, 5) is -0.590. The van der Waals surface area contributed by atoms with Crippen LogP contribution in [0.3, 0.4) is 0 Å². The van der Waals surface area contributed by atoms with Crippen LogP contribution in [0.1, 0.15) is 20.3 Å². The van der Waals surface area contributed by atoms with Gasteiger partial charge >= 0.3 is 6.42 Å². The van der Waals surface area contributed by atoms with Crippen molar-refractivity contribution in [2.75, 3.05) is 6.54 Å². The number of nitrogens with zero attached hydrogens (tertiary/aromatic N) is 1. The molecule has 0 fully saturated rings. The second-order valence-corrected chi connectivity index (χ2v) is 7.62. The highest BCUT2D eigenvalue weighted by molar-refractivity contribution is 6.95. The highest BCUT2D eigenvalue weighted by Crippen LogP contribution is 2.20. The van der Waals surface area contributed by atoms with Crippen molar-refractivity contribution in [2.45, 2.75) is 25.1 Å². The Morgan fingerprint density at radius 3 is 1.92 bits per heavy atom. The molecule has 0 atom stereocenters. The van der Waals surface area contributed by atoms with Crippen molar-refractivity contribution in [1.82, 2.24) is 5.23 Å². The zero-order chi connectivity index (χ0) is 17.9. The van der Waals surface area contributed by atoms with E-state index in [2.05, 4.69) is 78.2 Å². The maximum absolute atomic E-state index is 6.26.